The van der Waals surface area contributed by atoms with Crippen LogP contribution in [0.1, 0.15) is 24.1 Å². The van der Waals surface area contributed by atoms with Gasteiger partial charge >= 0.3 is 5.69 Å². The van der Waals surface area contributed by atoms with Gasteiger partial charge in [0.25, 0.3) is 0 Å². The predicted octanol–water partition coefficient (Wildman–Crippen LogP) is 1.55. The molecule has 2 aromatic rings. The van der Waals surface area contributed by atoms with E-state index in [1.54, 1.807) is 16.2 Å². The number of aromatic nitrogens is 2. The van der Waals surface area contributed by atoms with E-state index in [1.165, 1.54) is 0 Å². The molecule has 0 amide bonds. The number of aliphatic hydroxyl groups is 1. The fraction of sp³-hybridized carbons (Fsp3) is 0.400. The Labute approximate surface area is 111 Å². The minimum absolute atomic E-state index is 0.0419. The molecule has 0 spiro atoms. The molecule has 0 bridgehead atoms. The Kier molecular flexibility index (Phi) is 2.64. The summed E-state index contributed by atoms with van der Waals surface area (Å²) < 4.78 is 3.27. The van der Waals surface area contributed by atoms with Gasteiger partial charge in [-0.25, -0.2) is 4.79 Å². The average molecular weight is 258 g/mol. The molecule has 0 saturated heterocycles. The SMILES string of the molecule is Cc1cn(C)c(=O)n1-c1cccc(CC2(O)CC2)c1. The van der Waals surface area contributed by atoms with Crippen molar-refractivity contribution >= 4 is 0 Å². The van der Waals surface area contributed by atoms with Gasteiger partial charge in [0.1, 0.15) is 0 Å². The molecule has 100 valence electrons. The monoisotopic (exact) mass is 258 g/mol. The van der Waals surface area contributed by atoms with Gasteiger partial charge < -0.3 is 9.67 Å². The van der Waals surface area contributed by atoms with Gasteiger partial charge in [-0.1, -0.05) is 12.1 Å². The lowest BCUT2D eigenvalue weighted by Gasteiger charge is -2.10. The third-order valence-electron chi connectivity index (χ3n) is 3.76. The molecule has 0 atom stereocenters. The van der Waals surface area contributed by atoms with E-state index < -0.39 is 5.60 Å². The standard InChI is InChI=1S/C15H18N2O2/c1-11-10-16(2)14(18)17(11)13-5-3-4-12(8-13)9-15(19)6-7-15/h3-5,8,10,19H,6-7,9H2,1-2H3. The first-order chi connectivity index (χ1) is 8.98. The molecule has 0 aliphatic heterocycles. The summed E-state index contributed by atoms with van der Waals surface area (Å²) >= 11 is 0. The summed E-state index contributed by atoms with van der Waals surface area (Å²) in [6.45, 7) is 1.92. The zero-order chi connectivity index (χ0) is 13.6. The van der Waals surface area contributed by atoms with E-state index in [4.69, 9.17) is 0 Å². The minimum Gasteiger partial charge on any atom is -0.390 e. The maximum absolute atomic E-state index is 12.1. The predicted molar refractivity (Wildman–Crippen MR) is 73.6 cm³/mol. The Hall–Kier alpha value is -1.81. The van der Waals surface area contributed by atoms with Crippen LogP contribution < -0.4 is 5.69 Å². The summed E-state index contributed by atoms with van der Waals surface area (Å²) in [6, 6.07) is 7.86. The summed E-state index contributed by atoms with van der Waals surface area (Å²) in [5.74, 6) is 0. The van der Waals surface area contributed by atoms with Crippen molar-refractivity contribution in [2.75, 3.05) is 0 Å². The molecule has 1 N–H and O–H groups in total. The van der Waals surface area contributed by atoms with Crippen LogP contribution in [0.5, 0.6) is 0 Å². The second-order valence-corrected chi connectivity index (χ2v) is 5.57. The molecule has 0 unspecified atom stereocenters. The van der Waals surface area contributed by atoms with Crippen LogP contribution in [0, 0.1) is 6.92 Å². The van der Waals surface area contributed by atoms with E-state index in [-0.39, 0.29) is 5.69 Å². The summed E-state index contributed by atoms with van der Waals surface area (Å²) in [5, 5.41) is 9.98. The number of nitrogens with zero attached hydrogens (tertiary/aromatic N) is 2. The Balaban J connectivity index is 2.01. The molecular weight excluding hydrogens is 240 g/mol. The van der Waals surface area contributed by atoms with Gasteiger partial charge in [-0.2, -0.15) is 0 Å². The van der Waals surface area contributed by atoms with Crippen molar-refractivity contribution in [3.05, 3.63) is 52.2 Å². The average Bonchev–Trinajstić information content (AvgIpc) is 3.00. The van der Waals surface area contributed by atoms with E-state index in [0.717, 1.165) is 29.8 Å². The van der Waals surface area contributed by atoms with Gasteiger partial charge in [-0.15, -0.1) is 0 Å². The summed E-state index contributed by atoms with van der Waals surface area (Å²) in [4.78, 5) is 12.1. The molecule has 1 aromatic carbocycles. The van der Waals surface area contributed by atoms with Crippen LogP contribution >= 0.6 is 0 Å². The molecule has 4 heteroatoms. The quantitative estimate of drug-likeness (QED) is 0.908. The zero-order valence-corrected chi connectivity index (χ0v) is 11.3. The Morgan fingerprint density at radius 2 is 2.11 bits per heavy atom. The number of aryl methyl sites for hydroxylation is 2. The van der Waals surface area contributed by atoms with Crippen LogP contribution in [-0.4, -0.2) is 19.8 Å². The van der Waals surface area contributed by atoms with E-state index in [9.17, 15) is 9.90 Å². The second kappa shape index (κ2) is 4.10. The molecule has 3 rings (SSSR count). The Morgan fingerprint density at radius 3 is 2.68 bits per heavy atom. The first kappa shape index (κ1) is 12.2. The fourth-order valence-corrected chi connectivity index (χ4v) is 2.52. The van der Waals surface area contributed by atoms with E-state index >= 15 is 0 Å². The topological polar surface area (TPSA) is 47.2 Å². The number of hydrogen-bond donors (Lipinski definition) is 1. The number of benzene rings is 1. The summed E-state index contributed by atoms with van der Waals surface area (Å²) in [5.41, 5.74) is 2.31. The normalized spacial score (nSPS) is 16.6. The lowest BCUT2D eigenvalue weighted by Crippen LogP contribution is -2.21. The number of imidazole rings is 1. The Bertz CT molecular complexity index is 678. The molecule has 1 fully saturated rings. The van der Waals surface area contributed by atoms with Crippen LogP contribution in [0.15, 0.2) is 35.3 Å². The highest BCUT2D eigenvalue weighted by atomic mass is 16.3. The van der Waals surface area contributed by atoms with Crippen molar-refractivity contribution in [1.29, 1.82) is 0 Å². The van der Waals surface area contributed by atoms with Crippen LogP contribution in [0.2, 0.25) is 0 Å². The molecule has 1 aliphatic carbocycles. The molecule has 19 heavy (non-hydrogen) atoms. The lowest BCUT2D eigenvalue weighted by molar-refractivity contribution is 0.151. The van der Waals surface area contributed by atoms with Gasteiger partial charge in [-0.3, -0.25) is 4.57 Å². The highest BCUT2D eigenvalue weighted by Crippen LogP contribution is 2.38. The van der Waals surface area contributed by atoms with E-state index in [1.807, 2.05) is 37.4 Å². The smallest absolute Gasteiger partial charge is 0.332 e. The van der Waals surface area contributed by atoms with Crippen molar-refractivity contribution in [1.82, 2.24) is 9.13 Å². The first-order valence-corrected chi connectivity index (χ1v) is 6.55. The third kappa shape index (κ3) is 2.24. The molecule has 0 radical (unpaired) electrons. The number of rotatable bonds is 3. The lowest BCUT2D eigenvalue weighted by atomic mass is 10.1. The maximum atomic E-state index is 12.1. The molecule has 1 aromatic heterocycles. The van der Waals surface area contributed by atoms with Gasteiger partial charge in [0.15, 0.2) is 0 Å². The van der Waals surface area contributed by atoms with Crippen LogP contribution in [-0.2, 0) is 13.5 Å². The second-order valence-electron chi connectivity index (χ2n) is 5.57. The minimum atomic E-state index is -0.505. The van der Waals surface area contributed by atoms with Crippen molar-refractivity contribution < 1.29 is 5.11 Å². The highest BCUT2D eigenvalue weighted by Gasteiger charge is 2.40. The molecule has 1 heterocycles. The first-order valence-electron chi connectivity index (χ1n) is 6.55. The van der Waals surface area contributed by atoms with Crippen molar-refractivity contribution in [3.63, 3.8) is 0 Å². The molecule has 1 saturated carbocycles. The van der Waals surface area contributed by atoms with Gasteiger partial charge in [-0.05, 0) is 37.5 Å². The van der Waals surface area contributed by atoms with Crippen molar-refractivity contribution in [3.8, 4) is 5.69 Å². The van der Waals surface area contributed by atoms with Gasteiger partial charge in [0.05, 0.1) is 11.3 Å². The molecular formula is C15H18N2O2. The summed E-state index contributed by atoms with van der Waals surface area (Å²) in [7, 11) is 1.75. The summed E-state index contributed by atoms with van der Waals surface area (Å²) in [6.07, 6.45) is 4.24. The third-order valence-corrected chi connectivity index (χ3v) is 3.76. The van der Waals surface area contributed by atoms with Gasteiger partial charge in [0.2, 0.25) is 0 Å². The molecule has 1 aliphatic rings. The number of hydrogen-bond acceptors (Lipinski definition) is 2. The molecule has 4 nitrogen and oxygen atoms in total. The largest absolute Gasteiger partial charge is 0.390 e. The highest BCUT2D eigenvalue weighted by molar-refractivity contribution is 5.38. The van der Waals surface area contributed by atoms with Crippen molar-refractivity contribution in [2.45, 2.75) is 31.8 Å². The van der Waals surface area contributed by atoms with Crippen LogP contribution in [0.4, 0.5) is 0 Å². The van der Waals surface area contributed by atoms with Gasteiger partial charge in [0, 0.05) is 25.4 Å². The maximum Gasteiger partial charge on any atom is 0.332 e. The Morgan fingerprint density at radius 1 is 1.37 bits per heavy atom. The van der Waals surface area contributed by atoms with Crippen LogP contribution in [0.3, 0.4) is 0 Å². The zero-order valence-electron chi connectivity index (χ0n) is 11.3. The van der Waals surface area contributed by atoms with Crippen LogP contribution in [0.25, 0.3) is 5.69 Å². The van der Waals surface area contributed by atoms with Crippen molar-refractivity contribution in [2.24, 2.45) is 7.05 Å². The van der Waals surface area contributed by atoms with E-state index in [2.05, 4.69) is 0 Å². The fourth-order valence-electron chi connectivity index (χ4n) is 2.52. The van der Waals surface area contributed by atoms with E-state index in [0.29, 0.717) is 6.42 Å².